The van der Waals surface area contributed by atoms with Crippen molar-refractivity contribution in [3.8, 4) is 0 Å². The summed E-state index contributed by atoms with van der Waals surface area (Å²) >= 11 is 2.76. The van der Waals surface area contributed by atoms with Gasteiger partial charge in [-0.2, -0.15) is 0 Å². The molecule has 5 nitrogen and oxygen atoms in total. The number of thioether (sulfide) groups is 1. The van der Waals surface area contributed by atoms with Crippen LogP contribution in [0.25, 0.3) is 10.9 Å². The highest BCUT2D eigenvalue weighted by Gasteiger charge is 2.08. The Hall–Kier alpha value is -1.99. The van der Waals surface area contributed by atoms with Crippen molar-refractivity contribution in [2.45, 2.75) is 4.90 Å². The van der Waals surface area contributed by atoms with Gasteiger partial charge in [0.1, 0.15) is 5.51 Å². The lowest BCUT2D eigenvalue weighted by Crippen LogP contribution is -2.13. The van der Waals surface area contributed by atoms with E-state index in [1.54, 1.807) is 11.7 Å². The average molecular weight is 302 g/mol. The molecule has 0 atom stereocenters. The van der Waals surface area contributed by atoms with Crippen LogP contribution in [0.5, 0.6) is 0 Å². The van der Waals surface area contributed by atoms with Gasteiger partial charge in [0, 0.05) is 16.5 Å². The number of nitrogens with zero attached hydrogens (tertiary/aromatic N) is 3. The van der Waals surface area contributed by atoms with E-state index in [0.717, 1.165) is 15.8 Å². The molecule has 0 radical (unpaired) electrons. The number of benzene rings is 1. The zero-order chi connectivity index (χ0) is 13.8. The summed E-state index contributed by atoms with van der Waals surface area (Å²) in [5, 5.41) is 11.7. The smallest absolute Gasteiger partial charge is 0.236 e. The molecule has 100 valence electrons. The Morgan fingerprint density at radius 2 is 2.20 bits per heavy atom. The van der Waals surface area contributed by atoms with Crippen molar-refractivity contribution >= 4 is 45.0 Å². The molecular weight excluding hydrogens is 292 g/mol. The maximum absolute atomic E-state index is 11.8. The number of pyridine rings is 1. The van der Waals surface area contributed by atoms with Gasteiger partial charge in [0.25, 0.3) is 0 Å². The molecule has 0 saturated carbocycles. The van der Waals surface area contributed by atoms with E-state index in [0.29, 0.717) is 10.9 Å². The molecule has 20 heavy (non-hydrogen) atoms. The van der Waals surface area contributed by atoms with Gasteiger partial charge in [-0.3, -0.25) is 15.1 Å². The van der Waals surface area contributed by atoms with Crippen LogP contribution < -0.4 is 5.32 Å². The lowest BCUT2D eigenvalue weighted by Gasteiger charge is -2.05. The van der Waals surface area contributed by atoms with E-state index in [2.05, 4.69) is 20.5 Å². The van der Waals surface area contributed by atoms with E-state index >= 15 is 0 Å². The summed E-state index contributed by atoms with van der Waals surface area (Å²) in [7, 11) is 0. The van der Waals surface area contributed by atoms with Crippen LogP contribution in [0.3, 0.4) is 0 Å². The Labute approximate surface area is 123 Å². The molecule has 0 bridgehead atoms. The summed E-state index contributed by atoms with van der Waals surface area (Å²) in [5.41, 5.74) is 2.50. The fourth-order valence-corrected chi connectivity index (χ4v) is 3.02. The van der Waals surface area contributed by atoms with E-state index in [-0.39, 0.29) is 5.91 Å². The van der Waals surface area contributed by atoms with Crippen molar-refractivity contribution in [3.05, 3.63) is 42.0 Å². The average Bonchev–Trinajstić information content (AvgIpc) is 2.98. The summed E-state index contributed by atoms with van der Waals surface area (Å²) in [6, 6.07) is 9.85. The minimum Gasteiger partial charge on any atom is -0.300 e. The number of rotatable bonds is 4. The molecule has 0 spiro atoms. The summed E-state index contributed by atoms with van der Waals surface area (Å²) in [6.07, 6.45) is 1.76. The van der Waals surface area contributed by atoms with Crippen molar-refractivity contribution in [1.82, 2.24) is 15.2 Å². The van der Waals surface area contributed by atoms with Crippen LogP contribution in [0, 0.1) is 0 Å². The molecule has 1 amide bonds. The molecule has 0 aliphatic heterocycles. The SMILES string of the molecule is O=C(CSc1cccc2cccnc12)Nc1nncs1. The second-order valence-electron chi connectivity index (χ2n) is 3.91. The largest absolute Gasteiger partial charge is 0.300 e. The Morgan fingerprint density at radius 1 is 1.30 bits per heavy atom. The third kappa shape index (κ3) is 2.94. The topological polar surface area (TPSA) is 67.8 Å². The monoisotopic (exact) mass is 302 g/mol. The van der Waals surface area contributed by atoms with E-state index < -0.39 is 0 Å². The molecule has 1 aromatic carbocycles. The number of anilines is 1. The van der Waals surface area contributed by atoms with Gasteiger partial charge in [-0.25, -0.2) is 0 Å². The fraction of sp³-hybridized carbons (Fsp3) is 0.0769. The van der Waals surface area contributed by atoms with E-state index in [4.69, 9.17) is 0 Å². The first-order valence-electron chi connectivity index (χ1n) is 5.85. The Kier molecular flexibility index (Phi) is 3.89. The summed E-state index contributed by atoms with van der Waals surface area (Å²) in [4.78, 5) is 17.2. The lowest BCUT2D eigenvalue weighted by molar-refractivity contribution is -0.113. The molecule has 1 N–H and O–H groups in total. The zero-order valence-electron chi connectivity index (χ0n) is 10.3. The van der Waals surface area contributed by atoms with Crippen LogP contribution >= 0.6 is 23.1 Å². The van der Waals surface area contributed by atoms with Gasteiger partial charge in [0.05, 0.1) is 11.3 Å². The summed E-state index contributed by atoms with van der Waals surface area (Å²) in [5.74, 6) is 0.217. The predicted molar refractivity (Wildman–Crippen MR) is 81.0 cm³/mol. The second kappa shape index (κ2) is 5.98. The highest BCUT2D eigenvalue weighted by atomic mass is 32.2. The molecule has 0 fully saturated rings. The van der Waals surface area contributed by atoms with Gasteiger partial charge in [0.15, 0.2) is 0 Å². The van der Waals surface area contributed by atoms with Crippen molar-refractivity contribution in [1.29, 1.82) is 0 Å². The van der Waals surface area contributed by atoms with E-state index in [1.807, 2.05) is 30.3 Å². The first-order valence-corrected chi connectivity index (χ1v) is 7.72. The van der Waals surface area contributed by atoms with Gasteiger partial charge in [-0.05, 0) is 12.1 Å². The fourth-order valence-electron chi connectivity index (χ4n) is 1.72. The van der Waals surface area contributed by atoms with Crippen molar-refractivity contribution in [2.75, 3.05) is 11.1 Å². The molecule has 7 heteroatoms. The minimum atomic E-state index is -0.0975. The van der Waals surface area contributed by atoms with Gasteiger partial charge in [0.2, 0.25) is 11.0 Å². The quantitative estimate of drug-likeness (QED) is 0.751. The first kappa shape index (κ1) is 13.0. The van der Waals surface area contributed by atoms with Crippen molar-refractivity contribution in [2.24, 2.45) is 0 Å². The number of carbonyl (C=O) groups excluding carboxylic acids is 1. The van der Waals surface area contributed by atoms with Crippen LogP contribution in [0.15, 0.2) is 46.9 Å². The van der Waals surface area contributed by atoms with Gasteiger partial charge < -0.3 is 0 Å². The normalized spacial score (nSPS) is 10.6. The third-order valence-corrected chi connectivity index (χ3v) is 4.21. The van der Waals surface area contributed by atoms with Crippen molar-refractivity contribution < 1.29 is 4.79 Å². The molecule has 2 heterocycles. The highest BCUT2D eigenvalue weighted by Crippen LogP contribution is 2.26. The van der Waals surface area contributed by atoms with E-state index in [9.17, 15) is 4.79 Å². The molecule has 3 rings (SSSR count). The van der Waals surface area contributed by atoms with Crippen LogP contribution in [-0.4, -0.2) is 26.8 Å². The molecule has 2 aromatic heterocycles. The zero-order valence-corrected chi connectivity index (χ0v) is 11.9. The second-order valence-corrected chi connectivity index (χ2v) is 5.76. The number of para-hydroxylation sites is 1. The number of amides is 1. The summed E-state index contributed by atoms with van der Waals surface area (Å²) in [6.45, 7) is 0. The van der Waals surface area contributed by atoms with Gasteiger partial charge in [-0.1, -0.05) is 29.5 Å². The first-order chi connectivity index (χ1) is 9.83. The predicted octanol–water partition coefficient (Wildman–Crippen LogP) is 2.82. The van der Waals surface area contributed by atoms with Crippen LogP contribution in [0.1, 0.15) is 0 Å². The number of aromatic nitrogens is 3. The molecule has 0 aliphatic rings. The maximum Gasteiger partial charge on any atom is 0.236 e. The standard InChI is InChI=1S/C13H10N4OS2/c18-11(16-13-17-15-8-20-13)7-19-10-5-1-3-9-4-2-6-14-12(9)10/h1-6,8H,7H2,(H,16,17,18). The summed E-state index contributed by atoms with van der Waals surface area (Å²) < 4.78 is 0. The highest BCUT2D eigenvalue weighted by molar-refractivity contribution is 8.00. The molecule has 0 saturated heterocycles. The molecular formula is C13H10N4OS2. The third-order valence-electron chi connectivity index (χ3n) is 2.56. The Balaban J connectivity index is 1.69. The van der Waals surface area contributed by atoms with Crippen LogP contribution in [0.4, 0.5) is 5.13 Å². The number of hydrogen-bond acceptors (Lipinski definition) is 6. The minimum absolute atomic E-state index is 0.0975. The Morgan fingerprint density at radius 3 is 3.05 bits per heavy atom. The van der Waals surface area contributed by atoms with Gasteiger partial charge >= 0.3 is 0 Å². The van der Waals surface area contributed by atoms with E-state index in [1.165, 1.54) is 23.1 Å². The molecule has 0 aliphatic carbocycles. The van der Waals surface area contributed by atoms with Gasteiger partial charge in [-0.15, -0.1) is 22.0 Å². The molecule has 0 unspecified atom stereocenters. The number of carbonyl (C=O) groups is 1. The number of fused-ring (bicyclic) bond motifs is 1. The lowest BCUT2D eigenvalue weighted by atomic mass is 10.2. The maximum atomic E-state index is 11.8. The van der Waals surface area contributed by atoms with Crippen LogP contribution in [0.2, 0.25) is 0 Å². The number of hydrogen-bond donors (Lipinski definition) is 1. The Bertz CT molecular complexity index is 725. The number of nitrogens with one attached hydrogen (secondary N) is 1. The molecule has 3 aromatic rings. The van der Waals surface area contributed by atoms with Crippen LogP contribution in [-0.2, 0) is 4.79 Å². The van der Waals surface area contributed by atoms with Crippen molar-refractivity contribution in [3.63, 3.8) is 0 Å².